The van der Waals surface area contributed by atoms with E-state index in [0.29, 0.717) is 39.6 Å². The molecule has 0 amide bonds. The molecule has 0 aliphatic carbocycles. The molecule has 0 unspecified atom stereocenters. The van der Waals surface area contributed by atoms with Gasteiger partial charge in [0.15, 0.2) is 11.5 Å². The molecule has 2 aliphatic heterocycles. The fraction of sp³-hybridized carbons (Fsp3) is 0.333. The SMILES string of the molecule is Cc1nc(N[C@H](C)c2cc(N)cc(C(F)(F)F)c2)c2cc(C3=CCNCC3)c3c(c2n1)OCO3. The highest BCUT2D eigenvalue weighted by molar-refractivity contribution is 5.99. The fourth-order valence-electron chi connectivity index (χ4n) is 4.35. The number of nitrogen functional groups attached to an aromatic ring is 1. The van der Waals surface area contributed by atoms with Crippen molar-refractivity contribution in [3.63, 3.8) is 0 Å². The van der Waals surface area contributed by atoms with Crippen LogP contribution in [0.2, 0.25) is 0 Å². The smallest absolute Gasteiger partial charge is 0.416 e. The van der Waals surface area contributed by atoms with Crippen molar-refractivity contribution in [2.24, 2.45) is 0 Å². The Morgan fingerprint density at radius 1 is 1.12 bits per heavy atom. The molecule has 10 heteroatoms. The summed E-state index contributed by atoms with van der Waals surface area (Å²) in [6.07, 6.45) is -1.54. The summed E-state index contributed by atoms with van der Waals surface area (Å²) >= 11 is 0. The average Bonchev–Trinajstić information content (AvgIpc) is 3.28. The van der Waals surface area contributed by atoms with E-state index in [1.807, 2.05) is 6.07 Å². The molecule has 0 bridgehead atoms. The van der Waals surface area contributed by atoms with Gasteiger partial charge in [-0.3, -0.25) is 0 Å². The summed E-state index contributed by atoms with van der Waals surface area (Å²) < 4.78 is 51.5. The van der Waals surface area contributed by atoms with Crippen LogP contribution < -0.4 is 25.8 Å². The van der Waals surface area contributed by atoms with Crippen molar-refractivity contribution >= 4 is 28.0 Å². The van der Waals surface area contributed by atoms with Gasteiger partial charge in [-0.1, -0.05) is 6.08 Å². The van der Waals surface area contributed by atoms with Crippen molar-refractivity contribution < 1.29 is 22.6 Å². The highest BCUT2D eigenvalue weighted by atomic mass is 19.4. The zero-order chi connectivity index (χ0) is 24.0. The number of fused-ring (bicyclic) bond motifs is 3. The summed E-state index contributed by atoms with van der Waals surface area (Å²) in [6.45, 7) is 5.22. The third kappa shape index (κ3) is 4.09. The van der Waals surface area contributed by atoms with Crippen LogP contribution in [-0.2, 0) is 6.18 Å². The molecule has 4 N–H and O–H groups in total. The summed E-state index contributed by atoms with van der Waals surface area (Å²) in [5, 5.41) is 7.27. The second-order valence-electron chi connectivity index (χ2n) is 8.44. The van der Waals surface area contributed by atoms with Crippen LogP contribution in [0.5, 0.6) is 11.5 Å². The molecule has 34 heavy (non-hydrogen) atoms. The molecule has 178 valence electrons. The van der Waals surface area contributed by atoms with Crippen LogP contribution in [0.15, 0.2) is 30.3 Å². The molecule has 1 atom stereocenters. The second kappa shape index (κ2) is 8.35. The number of nitrogens with zero attached hydrogens (tertiary/aromatic N) is 2. The summed E-state index contributed by atoms with van der Waals surface area (Å²) in [7, 11) is 0. The third-order valence-electron chi connectivity index (χ3n) is 5.99. The fourth-order valence-corrected chi connectivity index (χ4v) is 4.35. The lowest BCUT2D eigenvalue weighted by atomic mass is 9.96. The molecule has 2 aromatic carbocycles. The number of hydrogen-bond donors (Lipinski definition) is 3. The van der Waals surface area contributed by atoms with Crippen molar-refractivity contribution in [2.75, 3.05) is 30.9 Å². The Morgan fingerprint density at radius 3 is 2.65 bits per heavy atom. The van der Waals surface area contributed by atoms with Crippen LogP contribution in [0.4, 0.5) is 24.7 Å². The summed E-state index contributed by atoms with van der Waals surface area (Å²) in [6, 6.07) is 5.02. The van der Waals surface area contributed by atoms with Gasteiger partial charge >= 0.3 is 6.18 Å². The predicted molar refractivity (Wildman–Crippen MR) is 124 cm³/mol. The van der Waals surface area contributed by atoms with E-state index in [-0.39, 0.29) is 12.5 Å². The molecular weight excluding hydrogens is 447 g/mol. The molecule has 7 nitrogen and oxygen atoms in total. The van der Waals surface area contributed by atoms with Gasteiger partial charge in [-0.05, 0) is 62.2 Å². The van der Waals surface area contributed by atoms with Gasteiger partial charge in [-0.25, -0.2) is 9.97 Å². The van der Waals surface area contributed by atoms with E-state index in [1.165, 1.54) is 6.07 Å². The Balaban J connectivity index is 1.60. The predicted octanol–water partition coefficient (Wildman–Crippen LogP) is 4.82. The maximum Gasteiger partial charge on any atom is 0.416 e. The van der Waals surface area contributed by atoms with Crippen LogP contribution in [0.3, 0.4) is 0 Å². The largest absolute Gasteiger partial charge is 0.453 e. The maximum atomic E-state index is 13.3. The Hall–Kier alpha value is -3.53. The number of halogens is 3. The number of anilines is 2. The minimum absolute atomic E-state index is 0.0469. The number of nitrogens with one attached hydrogen (secondary N) is 2. The van der Waals surface area contributed by atoms with Crippen molar-refractivity contribution in [2.45, 2.75) is 32.5 Å². The van der Waals surface area contributed by atoms with Crippen LogP contribution in [0.1, 0.15) is 41.9 Å². The quantitative estimate of drug-likeness (QED) is 0.470. The minimum Gasteiger partial charge on any atom is -0.453 e. The van der Waals surface area contributed by atoms with Gasteiger partial charge in [-0.15, -0.1) is 0 Å². The average molecular weight is 471 g/mol. The first kappa shape index (κ1) is 22.3. The van der Waals surface area contributed by atoms with Crippen molar-refractivity contribution in [3.8, 4) is 11.5 Å². The number of aryl methyl sites for hydroxylation is 1. The molecule has 3 heterocycles. The maximum absolute atomic E-state index is 13.3. The van der Waals surface area contributed by atoms with Crippen LogP contribution in [0.25, 0.3) is 16.5 Å². The Morgan fingerprint density at radius 2 is 1.91 bits per heavy atom. The lowest BCUT2D eigenvalue weighted by Crippen LogP contribution is -2.20. The van der Waals surface area contributed by atoms with Crippen molar-refractivity contribution in [3.05, 3.63) is 52.9 Å². The zero-order valence-electron chi connectivity index (χ0n) is 18.7. The standard InChI is InChI=1S/C24H24F3N5O2/c1-12(15-7-16(24(25,26)27)9-17(28)8-15)30-23-19-10-18(14-3-5-29-6-4-14)21-22(34-11-33-21)20(19)31-13(2)32-23/h3,7-10,12,29H,4-6,11,28H2,1-2H3,(H,30,31,32)/t12-/m1/s1. The highest BCUT2D eigenvalue weighted by Crippen LogP contribution is 2.46. The van der Waals surface area contributed by atoms with E-state index >= 15 is 0 Å². The number of rotatable bonds is 4. The number of ether oxygens (including phenoxy) is 2. The number of alkyl halides is 3. The number of nitrogens with two attached hydrogens (primary N) is 1. The Bertz CT molecular complexity index is 1310. The lowest BCUT2D eigenvalue weighted by molar-refractivity contribution is -0.137. The summed E-state index contributed by atoms with van der Waals surface area (Å²) in [5.74, 6) is 2.21. The summed E-state index contributed by atoms with van der Waals surface area (Å²) in [4.78, 5) is 9.15. The van der Waals surface area contributed by atoms with Crippen LogP contribution in [0, 0.1) is 6.92 Å². The van der Waals surface area contributed by atoms with Gasteiger partial charge < -0.3 is 25.8 Å². The lowest BCUT2D eigenvalue weighted by Gasteiger charge is -2.20. The Kier molecular flexibility index (Phi) is 5.47. The number of aromatic nitrogens is 2. The zero-order valence-corrected chi connectivity index (χ0v) is 18.7. The van der Waals surface area contributed by atoms with E-state index in [1.54, 1.807) is 13.8 Å². The molecule has 0 spiro atoms. The van der Waals surface area contributed by atoms with Crippen LogP contribution in [-0.4, -0.2) is 29.9 Å². The van der Waals surface area contributed by atoms with Gasteiger partial charge in [0.1, 0.15) is 17.2 Å². The first-order valence-corrected chi connectivity index (χ1v) is 11.0. The topological polar surface area (TPSA) is 94.3 Å². The Labute approximate surface area is 194 Å². The van der Waals surface area contributed by atoms with E-state index in [9.17, 15) is 13.2 Å². The summed E-state index contributed by atoms with van der Waals surface area (Å²) in [5.41, 5.74) is 8.07. The highest BCUT2D eigenvalue weighted by Gasteiger charge is 2.32. The number of hydrogen-bond acceptors (Lipinski definition) is 7. The van der Waals surface area contributed by atoms with E-state index in [0.717, 1.165) is 42.8 Å². The third-order valence-corrected chi connectivity index (χ3v) is 5.99. The van der Waals surface area contributed by atoms with Gasteiger partial charge in [0, 0.05) is 23.2 Å². The second-order valence-corrected chi connectivity index (χ2v) is 8.44. The first-order valence-electron chi connectivity index (χ1n) is 11.0. The van der Waals surface area contributed by atoms with Gasteiger partial charge in [0.05, 0.1) is 11.6 Å². The van der Waals surface area contributed by atoms with Crippen LogP contribution >= 0.6 is 0 Å². The normalized spacial score (nSPS) is 16.4. The van der Waals surface area contributed by atoms with Gasteiger partial charge in [0.25, 0.3) is 0 Å². The van der Waals surface area contributed by atoms with E-state index < -0.39 is 17.8 Å². The van der Waals surface area contributed by atoms with Gasteiger partial charge in [0.2, 0.25) is 6.79 Å². The molecule has 0 saturated heterocycles. The molecule has 0 saturated carbocycles. The first-order chi connectivity index (χ1) is 16.2. The molecule has 2 aliphatic rings. The van der Waals surface area contributed by atoms with E-state index in [4.69, 9.17) is 15.2 Å². The molecule has 0 fully saturated rings. The van der Waals surface area contributed by atoms with Gasteiger partial charge in [-0.2, -0.15) is 13.2 Å². The van der Waals surface area contributed by atoms with Crippen molar-refractivity contribution in [1.82, 2.24) is 15.3 Å². The molecular formula is C24H24F3N5O2. The van der Waals surface area contributed by atoms with Crippen molar-refractivity contribution in [1.29, 1.82) is 0 Å². The van der Waals surface area contributed by atoms with E-state index in [2.05, 4.69) is 26.7 Å². The number of benzene rings is 2. The minimum atomic E-state index is -4.49. The monoisotopic (exact) mass is 471 g/mol. The molecule has 0 radical (unpaired) electrons. The molecule has 1 aromatic heterocycles. The molecule has 5 rings (SSSR count). The molecule has 3 aromatic rings.